The van der Waals surface area contributed by atoms with Crippen LogP contribution < -0.4 is 16.0 Å². The van der Waals surface area contributed by atoms with Crippen LogP contribution in [-0.4, -0.2) is 22.5 Å². The molecule has 0 atom stereocenters. The third-order valence-corrected chi connectivity index (χ3v) is 4.50. The highest BCUT2D eigenvalue weighted by molar-refractivity contribution is 6.07. The highest BCUT2D eigenvalue weighted by Crippen LogP contribution is 2.22. The molecule has 3 rings (SSSR count). The fourth-order valence-corrected chi connectivity index (χ4v) is 3.15. The minimum atomic E-state index is -0.316. The average Bonchev–Trinajstić information content (AvgIpc) is 3.01. The minimum Gasteiger partial charge on any atom is -0.336 e. The maximum Gasteiger partial charge on any atom is 0.319 e. The van der Waals surface area contributed by atoms with Crippen LogP contribution >= 0.6 is 0 Å². The number of aromatic nitrogens is 1. The van der Waals surface area contributed by atoms with Gasteiger partial charge in [0.05, 0.1) is 11.4 Å². The van der Waals surface area contributed by atoms with Gasteiger partial charge in [0.2, 0.25) is 0 Å². The van der Waals surface area contributed by atoms with Crippen LogP contribution in [-0.2, 0) is 0 Å². The quantitative estimate of drug-likeness (QED) is 0.581. The summed E-state index contributed by atoms with van der Waals surface area (Å²) in [5.41, 5.74) is 4.90. The summed E-state index contributed by atoms with van der Waals surface area (Å²) in [5.74, 6) is -0.240. The van der Waals surface area contributed by atoms with Crippen LogP contribution in [0.1, 0.15) is 35.6 Å². The number of anilines is 2. The van der Waals surface area contributed by atoms with Crippen molar-refractivity contribution < 1.29 is 9.59 Å². The van der Waals surface area contributed by atoms with Gasteiger partial charge in [-0.2, -0.15) is 0 Å². The molecule has 29 heavy (non-hydrogen) atoms. The molecule has 1 aromatic heterocycles. The lowest BCUT2D eigenvalue weighted by Crippen LogP contribution is -2.34. The second-order valence-corrected chi connectivity index (χ2v) is 7.25. The Labute approximate surface area is 170 Å². The normalized spacial score (nSPS) is 10.7. The molecule has 6 nitrogen and oxygen atoms in total. The van der Waals surface area contributed by atoms with E-state index in [1.54, 1.807) is 30.3 Å². The van der Waals surface area contributed by atoms with Crippen LogP contribution in [0.15, 0.2) is 60.7 Å². The van der Waals surface area contributed by atoms with Crippen LogP contribution in [0.3, 0.4) is 0 Å². The standard InChI is InChI=1S/C23H26N4O2/c1-15(2)24-23(29)26-21-8-6-5-7-20(21)25-22(28)18-11-13-19(14-12-18)27-16(3)9-10-17(27)4/h5-15H,1-4H3,(H,25,28)(H2,24,26,29). The number of amides is 3. The second-order valence-electron chi connectivity index (χ2n) is 7.25. The number of nitrogens with one attached hydrogen (secondary N) is 3. The molecule has 3 amide bonds. The first-order valence-electron chi connectivity index (χ1n) is 9.58. The number of para-hydroxylation sites is 2. The van der Waals surface area contributed by atoms with Crippen molar-refractivity contribution in [2.45, 2.75) is 33.7 Å². The molecule has 3 aromatic rings. The third kappa shape index (κ3) is 4.85. The summed E-state index contributed by atoms with van der Waals surface area (Å²) in [4.78, 5) is 24.7. The third-order valence-electron chi connectivity index (χ3n) is 4.50. The highest BCUT2D eigenvalue weighted by Gasteiger charge is 2.12. The fraction of sp³-hybridized carbons (Fsp3) is 0.217. The predicted molar refractivity (Wildman–Crippen MR) is 117 cm³/mol. The lowest BCUT2D eigenvalue weighted by Gasteiger charge is -2.14. The molecular weight excluding hydrogens is 364 g/mol. The van der Waals surface area contributed by atoms with E-state index in [-0.39, 0.29) is 18.0 Å². The van der Waals surface area contributed by atoms with Crippen molar-refractivity contribution in [3.05, 3.63) is 77.6 Å². The van der Waals surface area contributed by atoms with E-state index >= 15 is 0 Å². The Hall–Kier alpha value is -3.54. The molecule has 0 aliphatic heterocycles. The van der Waals surface area contributed by atoms with Crippen molar-refractivity contribution in [1.29, 1.82) is 0 Å². The van der Waals surface area contributed by atoms with Crippen molar-refractivity contribution in [3.63, 3.8) is 0 Å². The van der Waals surface area contributed by atoms with E-state index < -0.39 is 0 Å². The summed E-state index contributed by atoms with van der Waals surface area (Å²) in [7, 11) is 0. The van der Waals surface area contributed by atoms with Crippen molar-refractivity contribution in [2.24, 2.45) is 0 Å². The summed E-state index contributed by atoms with van der Waals surface area (Å²) in [6.45, 7) is 7.86. The number of hydrogen-bond acceptors (Lipinski definition) is 2. The summed E-state index contributed by atoms with van der Waals surface area (Å²) in [5, 5.41) is 8.41. The van der Waals surface area contributed by atoms with Gasteiger partial charge in [0.15, 0.2) is 0 Å². The average molecular weight is 390 g/mol. The molecule has 0 aliphatic rings. The zero-order valence-corrected chi connectivity index (χ0v) is 17.1. The monoisotopic (exact) mass is 390 g/mol. The first kappa shape index (κ1) is 20.2. The Kier molecular flexibility index (Phi) is 6.02. The molecular formula is C23H26N4O2. The largest absolute Gasteiger partial charge is 0.336 e. The van der Waals surface area contributed by atoms with Gasteiger partial charge in [-0.25, -0.2) is 4.79 Å². The summed E-state index contributed by atoms with van der Waals surface area (Å²) >= 11 is 0. The Bertz CT molecular complexity index is 1000. The molecule has 0 bridgehead atoms. The van der Waals surface area contributed by atoms with Crippen LogP contribution in [0.2, 0.25) is 0 Å². The number of carbonyl (C=O) groups is 2. The topological polar surface area (TPSA) is 75.2 Å². The number of benzene rings is 2. The van der Waals surface area contributed by atoms with Crippen LogP contribution in [0.5, 0.6) is 0 Å². The van der Waals surface area contributed by atoms with Crippen molar-refractivity contribution in [1.82, 2.24) is 9.88 Å². The lowest BCUT2D eigenvalue weighted by molar-refractivity contribution is 0.102. The molecule has 3 N–H and O–H groups in total. The number of carbonyl (C=O) groups excluding carboxylic acids is 2. The van der Waals surface area contributed by atoms with E-state index in [0.717, 1.165) is 17.1 Å². The summed E-state index contributed by atoms with van der Waals surface area (Å²) in [6.07, 6.45) is 0. The van der Waals surface area contributed by atoms with E-state index in [1.165, 1.54) is 0 Å². The zero-order valence-electron chi connectivity index (χ0n) is 17.1. The van der Waals surface area contributed by atoms with Gasteiger partial charge in [0, 0.05) is 28.7 Å². The van der Waals surface area contributed by atoms with Gasteiger partial charge in [-0.3, -0.25) is 4.79 Å². The first-order valence-corrected chi connectivity index (χ1v) is 9.58. The maximum absolute atomic E-state index is 12.7. The first-order chi connectivity index (χ1) is 13.8. The number of nitrogens with zero attached hydrogens (tertiary/aromatic N) is 1. The van der Waals surface area contributed by atoms with E-state index in [9.17, 15) is 9.59 Å². The predicted octanol–water partition coefficient (Wildman–Crippen LogP) is 4.88. The number of urea groups is 1. The van der Waals surface area contributed by atoms with Gasteiger partial charge in [-0.1, -0.05) is 12.1 Å². The molecule has 0 saturated heterocycles. The number of aryl methyl sites for hydroxylation is 2. The molecule has 1 heterocycles. The van der Waals surface area contributed by atoms with Crippen molar-refractivity contribution in [3.8, 4) is 5.69 Å². The van der Waals surface area contributed by atoms with Crippen LogP contribution in [0.25, 0.3) is 5.69 Å². The van der Waals surface area contributed by atoms with Gasteiger partial charge < -0.3 is 20.5 Å². The second kappa shape index (κ2) is 8.65. The van der Waals surface area contributed by atoms with E-state index in [2.05, 4.69) is 32.7 Å². The Balaban J connectivity index is 1.75. The van der Waals surface area contributed by atoms with E-state index in [1.807, 2.05) is 45.9 Å². The van der Waals surface area contributed by atoms with Gasteiger partial charge in [-0.15, -0.1) is 0 Å². The molecule has 2 aromatic carbocycles. The minimum absolute atomic E-state index is 0.0165. The van der Waals surface area contributed by atoms with Gasteiger partial charge in [0.1, 0.15) is 0 Å². The molecule has 150 valence electrons. The van der Waals surface area contributed by atoms with Crippen LogP contribution in [0.4, 0.5) is 16.2 Å². The Morgan fingerprint density at radius 2 is 1.34 bits per heavy atom. The smallest absolute Gasteiger partial charge is 0.319 e. The lowest BCUT2D eigenvalue weighted by atomic mass is 10.1. The van der Waals surface area contributed by atoms with Crippen molar-refractivity contribution in [2.75, 3.05) is 10.6 Å². The zero-order chi connectivity index (χ0) is 21.0. The molecule has 0 spiro atoms. The van der Waals surface area contributed by atoms with Gasteiger partial charge in [0.25, 0.3) is 5.91 Å². The van der Waals surface area contributed by atoms with Crippen LogP contribution in [0, 0.1) is 13.8 Å². The maximum atomic E-state index is 12.7. The summed E-state index contributed by atoms with van der Waals surface area (Å²) < 4.78 is 2.13. The Morgan fingerprint density at radius 3 is 1.90 bits per heavy atom. The van der Waals surface area contributed by atoms with Crippen molar-refractivity contribution >= 4 is 23.3 Å². The fourth-order valence-electron chi connectivity index (χ4n) is 3.15. The van der Waals surface area contributed by atoms with Gasteiger partial charge in [-0.05, 0) is 76.2 Å². The number of hydrogen-bond donors (Lipinski definition) is 3. The number of rotatable bonds is 5. The highest BCUT2D eigenvalue weighted by atomic mass is 16.2. The van der Waals surface area contributed by atoms with E-state index in [4.69, 9.17) is 0 Å². The van der Waals surface area contributed by atoms with E-state index in [0.29, 0.717) is 16.9 Å². The van der Waals surface area contributed by atoms with Gasteiger partial charge >= 0.3 is 6.03 Å². The molecule has 0 saturated carbocycles. The SMILES string of the molecule is Cc1ccc(C)n1-c1ccc(C(=O)Nc2ccccc2NC(=O)NC(C)C)cc1. The summed E-state index contributed by atoms with van der Waals surface area (Å²) in [6, 6.07) is 18.4. The molecule has 6 heteroatoms. The molecule has 0 unspecified atom stereocenters. The molecule has 0 aliphatic carbocycles. The Morgan fingerprint density at radius 1 is 0.793 bits per heavy atom. The molecule has 0 fully saturated rings. The molecule has 0 radical (unpaired) electrons.